The number of carbonyl (C=O) groups is 3. The molecule has 2 aliphatic rings. The van der Waals surface area contributed by atoms with Crippen molar-refractivity contribution in [2.24, 2.45) is 0 Å². The number of carboxylic acids is 1. The van der Waals surface area contributed by atoms with Crippen LogP contribution in [-0.2, 0) is 4.79 Å². The Labute approximate surface area is 171 Å². The average molecular weight is 410 g/mol. The van der Waals surface area contributed by atoms with Crippen LogP contribution in [0.2, 0.25) is 0 Å². The molecule has 1 saturated heterocycles. The molecule has 2 amide bonds. The molecule has 1 aromatic carbocycles. The molecule has 0 saturated carbocycles. The summed E-state index contributed by atoms with van der Waals surface area (Å²) >= 11 is 0. The molecule has 0 bridgehead atoms. The second-order valence-electron chi connectivity index (χ2n) is 7.40. The molecule has 1 aromatic rings. The van der Waals surface area contributed by atoms with Crippen LogP contribution in [0.5, 0.6) is 0 Å². The molecule has 2 heterocycles. The molecule has 3 rings (SSSR count). The maximum atomic E-state index is 12.4. The first-order valence-electron chi connectivity index (χ1n) is 9.57. The molecule has 0 aliphatic carbocycles. The normalized spacial score (nSPS) is 20.1. The third-order valence-electron chi connectivity index (χ3n) is 5.53. The zero-order valence-corrected chi connectivity index (χ0v) is 17.0. The number of hydrogen-bond donors (Lipinski definition) is 1. The first-order chi connectivity index (χ1) is 13.0. The molecule has 28 heavy (non-hydrogen) atoms. The monoisotopic (exact) mass is 409 g/mol. The van der Waals surface area contributed by atoms with Gasteiger partial charge in [-0.25, -0.2) is 0 Å². The Hall–Kier alpha value is -1.96. The third kappa shape index (κ3) is 5.10. The van der Waals surface area contributed by atoms with Gasteiger partial charge in [0.05, 0.1) is 17.7 Å². The van der Waals surface area contributed by atoms with Crippen LogP contribution >= 0.6 is 12.4 Å². The summed E-state index contributed by atoms with van der Waals surface area (Å²) in [5.74, 6) is -1.18. The summed E-state index contributed by atoms with van der Waals surface area (Å²) in [5.41, 5.74) is 1.00. The highest BCUT2D eigenvalue weighted by Gasteiger charge is 2.34. The Morgan fingerprint density at radius 2 is 1.75 bits per heavy atom. The maximum Gasteiger partial charge on any atom is 0.317 e. The number of nitrogens with zero attached hydrogens (tertiary/aromatic N) is 3. The number of carboxylic acid groups (broad SMARTS) is 1. The molecule has 1 unspecified atom stereocenters. The fourth-order valence-corrected chi connectivity index (χ4v) is 4.04. The van der Waals surface area contributed by atoms with E-state index in [4.69, 9.17) is 5.11 Å². The smallest absolute Gasteiger partial charge is 0.317 e. The number of amides is 2. The van der Waals surface area contributed by atoms with Crippen molar-refractivity contribution in [3.8, 4) is 0 Å². The van der Waals surface area contributed by atoms with Crippen molar-refractivity contribution in [1.82, 2.24) is 14.7 Å². The van der Waals surface area contributed by atoms with Crippen LogP contribution in [0.15, 0.2) is 24.3 Å². The van der Waals surface area contributed by atoms with E-state index in [0.717, 1.165) is 45.3 Å². The molecule has 7 nitrogen and oxygen atoms in total. The van der Waals surface area contributed by atoms with Gasteiger partial charge < -0.3 is 10.0 Å². The standard InChI is InChI=1S/C20H27N3O4.ClH/c1-21(14-18(24)25)15-6-4-10-22(13-9-15)11-5-12-23-19(26)16-7-2-3-8-17(16)20(23)27;/h2-3,7-8,15H,4-6,9-14H2,1H3,(H,24,25);1H. The van der Waals surface area contributed by atoms with Crippen LogP contribution in [0, 0.1) is 0 Å². The minimum absolute atomic E-state index is 0. The van der Waals surface area contributed by atoms with Crippen LogP contribution in [0.25, 0.3) is 0 Å². The number of carbonyl (C=O) groups excluding carboxylic acids is 2. The van der Waals surface area contributed by atoms with Crippen molar-refractivity contribution in [3.05, 3.63) is 35.4 Å². The van der Waals surface area contributed by atoms with E-state index in [1.807, 2.05) is 11.9 Å². The second-order valence-corrected chi connectivity index (χ2v) is 7.40. The van der Waals surface area contributed by atoms with Crippen molar-refractivity contribution < 1.29 is 19.5 Å². The highest BCUT2D eigenvalue weighted by molar-refractivity contribution is 6.21. The van der Waals surface area contributed by atoms with Crippen molar-refractivity contribution >= 4 is 30.2 Å². The molecule has 1 fully saturated rings. The quantitative estimate of drug-likeness (QED) is 0.693. The summed E-state index contributed by atoms with van der Waals surface area (Å²) in [6.07, 6.45) is 3.72. The molecular weight excluding hydrogens is 382 g/mol. The van der Waals surface area contributed by atoms with E-state index in [-0.39, 0.29) is 30.8 Å². The summed E-state index contributed by atoms with van der Waals surface area (Å²) in [6, 6.07) is 7.27. The van der Waals surface area contributed by atoms with E-state index >= 15 is 0 Å². The van der Waals surface area contributed by atoms with Crippen LogP contribution in [-0.4, -0.2) is 83.4 Å². The lowest BCUT2D eigenvalue weighted by Crippen LogP contribution is -2.37. The van der Waals surface area contributed by atoms with Gasteiger partial charge in [0.25, 0.3) is 11.8 Å². The lowest BCUT2D eigenvalue weighted by atomic mass is 10.1. The van der Waals surface area contributed by atoms with Gasteiger partial charge in [0.2, 0.25) is 0 Å². The number of rotatable bonds is 7. The summed E-state index contributed by atoms with van der Waals surface area (Å²) in [6.45, 7) is 3.23. The zero-order chi connectivity index (χ0) is 19.4. The Bertz CT molecular complexity index is 692. The van der Waals surface area contributed by atoms with E-state index < -0.39 is 5.97 Å². The summed E-state index contributed by atoms with van der Waals surface area (Å²) in [4.78, 5) is 41.3. The van der Waals surface area contributed by atoms with Gasteiger partial charge in [0.1, 0.15) is 0 Å². The van der Waals surface area contributed by atoms with Gasteiger partial charge in [-0.1, -0.05) is 12.1 Å². The fourth-order valence-electron chi connectivity index (χ4n) is 4.04. The van der Waals surface area contributed by atoms with E-state index in [9.17, 15) is 14.4 Å². The lowest BCUT2D eigenvalue weighted by Gasteiger charge is -2.25. The molecule has 2 aliphatic heterocycles. The molecule has 1 atom stereocenters. The third-order valence-corrected chi connectivity index (χ3v) is 5.53. The van der Waals surface area contributed by atoms with Crippen molar-refractivity contribution in [2.75, 3.05) is 39.8 Å². The Balaban J connectivity index is 0.00000280. The number of likely N-dealkylation sites (tertiary alicyclic amines) is 1. The fraction of sp³-hybridized carbons (Fsp3) is 0.550. The topological polar surface area (TPSA) is 81.2 Å². The number of likely N-dealkylation sites (N-methyl/N-ethyl adjacent to an activating group) is 1. The van der Waals surface area contributed by atoms with E-state index in [2.05, 4.69) is 4.90 Å². The largest absolute Gasteiger partial charge is 0.480 e. The minimum atomic E-state index is -0.792. The summed E-state index contributed by atoms with van der Waals surface area (Å²) < 4.78 is 0. The average Bonchev–Trinajstić information content (AvgIpc) is 2.81. The van der Waals surface area contributed by atoms with E-state index in [0.29, 0.717) is 23.7 Å². The lowest BCUT2D eigenvalue weighted by molar-refractivity contribution is -0.138. The van der Waals surface area contributed by atoms with Crippen LogP contribution in [0.4, 0.5) is 0 Å². The highest BCUT2D eigenvalue weighted by Crippen LogP contribution is 2.22. The van der Waals surface area contributed by atoms with E-state index in [1.54, 1.807) is 24.3 Å². The molecule has 0 spiro atoms. The molecule has 8 heteroatoms. The van der Waals surface area contributed by atoms with Gasteiger partial charge in [0, 0.05) is 12.6 Å². The minimum Gasteiger partial charge on any atom is -0.480 e. The number of benzene rings is 1. The number of hydrogen-bond acceptors (Lipinski definition) is 5. The Kier molecular flexibility index (Phi) is 7.98. The number of imide groups is 1. The predicted molar refractivity (Wildman–Crippen MR) is 108 cm³/mol. The highest BCUT2D eigenvalue weighted by atomic mass is 35.5. The van der Waals surface area contributed by atoms with Gasteiger partial charge in [0.15, 0.2) is 0 Å². The molecular formula is C20H28ClN3O4. The zero-order valence-electron chi connectivity index (χ0n) is 16.2. The van der Waals surface area contributed by atoms with E-state index in [1.165, 1.54) is 4.90 Å². The second kappa shape index (κ2) is 10.0. The van der Waals surface area contributed by atoms with Gasteiger partial charge >= 0.3 is 5.97 Å². The van der Waals surface area contributed by atoms with Crippen molar-refractivity contribution in [2.45, 2.75) is 31.7 Å². The molecule has 1 N–H and O–H groups in total. The summed E-state index contributed by atoms with van der Waals surface area (Å²) in [7, 11) is 1.87. The van der Waals surface area contributed by atoms with Crippen LogP contribution in [0.1, 0.15) is 46.4 Å². The van der Waals surface area contributed by atoms with Gasteiger partial charge in [-0.3, -0.25) is 24.2 Å². The number of fused-ring (bicyclic) bond motifs is 1. The van der Waals surface area contributed by atoms with Crippen LogP contribution < -0.4 is 0 Å². The summed E-state index contributed by atoms with van der Waals surface area (Å²) in [5, 5.41) is 8.95. The number of aliphatic carboxylic acids is 1. The maximum absolute atomic E-state index is 12.4. The molecule has 0 radical (unpaired) electrons. The van der Waals surface area contributed by atoms with Gasteiger partial charge in [-0.05, 0) is 64.5 Å². The first kappa shape index (κ1) is 22.3. The van der Waals surface area contributed by atoms with Gasteiger partial charge in [-0.15, -0.1) is 12.4 Å². The number of halogens is 1. The van der Waals surface area contributed by atoms with Crippen molar-refractivity contribution in [3.63, 3.8) is 0 Å². The van der Waals surface area contributed by atoms with Crippen molar-refractivity contribution in [1.29, 1.82) is 0 Å². The molecule has 154 valence electrons. The Morgan fingerprint density at radius 3 is 2.36 bits per heavy atom. The van der Waals surface area contributed by atoms with Gasteiger partial charge in [-0.2, -0.15) is 0 Å². The van der Waals surface area contributed by atoms with Crippen LogP contribution in [0.3, 0.4) is 0 Å². The predicted octanol–water partition coefficient (Wildman–Crippen LogP) is 1.97. The molecule has 0 aromatic heterocycles. The Morgan fingerprint density at radius 1 is 1.11 bits per heavy atom. The first-order valence-corrected chi connectivity index (χ1v) is 9.57. The SMILES string of the molecule is CN(CC(=O)O)C1CCCN(CCCN2C(=O)c3ccccc3C2=O)CC1.Cl.